The van der Waals surface area contributed by atoms with Gasteiger partial charge in [0.15, 0.2) is 0 Å². The Balaban J connectivity index is 2.07. The largest absolute Gasteiger partial charge is 0.389 e. The maximum absolute atomic E-state index is 9.51. The molecule has 0 bridgehead atoms. The van der Waals surface area contributed by atoms with Crippen LogP contribution in [0.25, 0.3) is 0 Å². The number of hydrogen-bond donors (Lipinski definition) is 2. The molecule has 2 N–H and O–H groups in total. The van der Waals surface area contributed by atoms with Crippen molar-refractivity contribution in [2.45, 2.75) is 24.9 Å². The molecule has 0 saturated heterocycles. The van der Waals surface area contributed by atoms with Gasteiger partial charge in [0.2, 0.25) is 0 Å². The lowest BCUT2D eigenvalue weighted by Crippen LogP contribution is -2.46. The van der Waals surface area contributed by atoms with Crippen LogP contribution in [0, 0.1) is 12.3 Å². The van der Waals surface area contributed by atoms with Crippen molar-refractivity contribution < 1.29 is 5.11 Å². The van der Waals surface area contributed by atoms with Crippen LogP contribution in [0.3, 0.4) is 0 Å². The van der Waals surface area contributed by atoms with Crippen LogP contribution in [0.5, 0.6) is 0 Å². The Labute approximate surface area is 61.6 Å². The van der Waals surface area contributed by atoms with Crippen molar-refractivity contribution in [3.63, 3.8) is 0 Å². The van der Waals surface area contributed by atoms with Gasteiger partial charge in [-0.25, -0.2) is 0 Å². The monoisotopic (exact) mass is 139 g/mol. The second kappa shape index (κ2) is 3.05. The second-order valence-corrected chi connectivity index (χ2v) is 2.89. The van der Waals surface area contributed by atoms with Crippen molar-refractivity contribution in [3.05, 3.63) is 0 Å². The topological polar surface area (TPSA) is 32.3 Å². The highest BCUT2D eigenvalue weighted by Gasteiger charge is 2.33. The Hall–Kier alpha value is -0.520. The van der Waals surface area contributed by atoms with E-state index in [1.165, 1.54) is 0 Å². The summed E-state index contributed by atoms with van der Waals surface area (Å²) in [6.07, 6.45) is 8.01. The highest BCUT2D eigenvalue weighted by atomic mass is 16.3. The number of aliphatic hydroxyl groups is 1. The zero-order valence-electron chi connectivity index (χ0n) is 6.06. The summed E-state index contributed by atoms with van der Waals surface area (Å²) < 4.78 is 0. The Bertz CT molecular complexity index is 144. The fraction of sp³-hybridized carbons (Fsp3) is 0.750. The molecule has 0 amide bonds. The second-order valence-electron chi connectivity index (χ2n) is 2.89. The lowest BCUT2D eigenvalue weighted by molar-refractivity contribution is -0.0304. The zero-order chi connectivity index (χ0) is 7.45. The van der Waals surface area contributed by atoms with Crippen molar-refractivity contribution in [3.8, 4) is 12.3 Å². The third-order valence-electron chi connectivity index (χ3n) is 1.97. The van der Waals surface area contributed by atoms with E-state index in [2.05, 4.69) is 11.2 Å². The van der Waals surface area contributed by atoms with E-state index in [-0.39, 0.29) is 0 Å². The molecule has 0 heterocycles. The van der Waals surface area contributed by atoms with E-state index in [1.54, 1.807) is 0 Å². The number of hydrogen-bond acceptors (Lipinski definition) is 2. The molecule has 10 heavy (non-hydrogen) atoms. The molecule has 0 atom stereocenters. The molecule has 1 saturated carbocycles. The third kappa shape index (κ3) is 1.73. The SMILES string of the molecule is C#CCNCC1(O)CCC1. The number of nitrogens with one attached hydrogen (secondary N) is 1. The predicted octanol–water partition coefficient (Wildman–Crippen LogP) is 0.124. The molecule has 2 nitrogen and oxygen atoms in total. The molecule has 0 aromatic heterocycles. The van der Waals surface area contributed by atoms with Crippen LogP contribution in [0.2, 0.25) is 0 Å². The molecule has 56 valence electrons. The van der Waals surface area contributed by atoms with Gasteiger partial charge < -0.3 is 10.4 Å². The summed E-state index contributed by atoms with van der Waals surface area (Å²) in [6.45, 7) is 1.21. The fourth-order valence-electron chi connectivity index (χ4n) is 1.13. The number of terminal acetylenes is 1. The minimum Gasteiger partial charge on any atom is -0.389 e. The summed E-state index contributed by atoms with van der Waals surface area (Å²) in [5.74, 6) is 2.47. The zero-order valence-corrected chi connectivity index (χ0v) is 6.06. The molecule has 1 aliphatic rings. The minimum atomic E-state index is -0.434. The highest BCUT2D eigenvalue weighted by molar-refractivity contribution is 4.92. The lowest BCUT2D eigenvalue weighted by atomic mass is 9.80. The number of rotatable bonds is 3. The Morgan fingerprint density at radius 1 is 1.60 bits per heavy atom. The van der Waals surface area contributed by atoms with Gasteiger partial charge in [-0.3, -0.25) is 0 Å². The molecule has 1 rings (SSSR count). The maximum Gasteiger partial charge on any atom is 0.0771 e. The van der Waals surface area contributed by atoms with Gasteiger partial charge in [0, 0.05) is 6.54 Å². The molecule has 1 fully saturated rings. The molecule has 2 heteroatoms. The van der Waals surface area contributed by atoms with E-state index in [9.17, 15) is 5.11 Å². The van der Waals surface area contributed by atoms with E-state index in [4.69, 9.17) is 6.42 Å². The van der Waals surface area contributed by atoms with Gasteiger partial charge in [-0.05, 0) is 19.3 Å². The van der Waals surface area contributed by atoms with E-state index < -0.39 is 5.60 Å². The molecule has 0 radical (unpaired) electrons. The van der Waals surface area contributed by atoms with Crippen LogP contribution in [-0.4, -0.2) is 23.8 Å². The summed E-state index contributed by atoms with van der Waals surface area (Å²) in [4.78, 5) is 0. The summed E-state index contributed by atoms with van der Waals surface area (Å²) >= 11 is 0. The minimum absolute atomic E-state index is 0.434. The van der Waals surface area contributed by atoms with Gasteiger partial charge in [-0.2, -0.15) is 0 Å². The standard InChI is InChI=1S/C8H13NO/c1-2-6-9-7-8(10)4-3-5-8/h1,9-10H,3-7H2. The van der Waals surface area contributed by atoms with E-state index in [0.717, 1.165) is 19.3 Å². The van der Waals surface area contributed by atoms with Crippen molar-refractivity contribution in [2.24, 2.45) is 0 Å². The average molecular weight is 139 g/mol. The first-order valence-electron chi connectivity index (χ1n) is 3.63. The summed E-state index contributed by atoms with van der Waals surface area (Å²) in [5, 5.41) is 12.5. The molecule has 1 aliphatic carbocycles. The van der Waals surface area contributed by atoms with Crippen molar-refractivity contribution in [2.75, 3.05) is 13.1 Å². The third-order valence-corrected chi connectivity index (χ3v) is 1.97. The Morgan fingerprint density at radius 2 is 2.30 bits per heavy atom. The summed E-state index contributed by atoms with van der Waals surface area (Å²) in [5.41, 5.74) is -0.434. The molecule has 0 unspecified atom stereocenters. The van der Waals surface area contributed by atoms with Crippen molar-refractivity contribution in [1.82, 2.24) is 5.32 Å². The van der Waals surface area contributed by atoms with Gasteiger partial charge in [-0.15, -0.1) is 6.42 Å². The lowest BCUT2D eigenvalue weighted by Gasteiger charge is -2.36. The molecular weight excluding hydrogens is 126 g/mol. The van der Waals surface area contributed by atoms with Crippen LogP contribution >= 0.6 is 0 Å². The molecule has 0 spiro atoms. The molecule has 0 aromatic rings. The van der Waals surface area contributed by atoms with Crippen LogP contribution < -0.4 is 5.32 Å². The fourth-order valence-corrected chi connectivity index (χ4v) is 1.13. The normalized spacial score (nSPS) is 21.2. The Kier molecular flexibility index (Phi) is 2.31. The first-order valence-corrected chi connectivity index (χ1v) is 3.63. The van der Waals surface area contributed by atoms with E-state index in [1.807, 2.05) is 0 Å². The van der Waals surface area contributed by atoms with Gasteiger partial charge in [0.25, 0.3) is 0 Å². The maximum atomic E-state index is 9.51. The van der Waals surface area contributed by atoms with Gasteiger partial charge in [0.1, 0.15) is 0 Å². The van der Waals surface area contributed by atoms with Gasteiger partial charge in [0.05, 0.1) is 12.1 Å². The van der Waals surface area contributed by atoms with E-state index in [0.29, 0.717) is 13.1 Å². The molecule has 0 aliphatic heterocycles. The Morgan fingerprint density at radius 3 is 2.70 bits per heavy atom. The predicted molar refractivity (Wildman–Crippen MR) is 40.5 cm³/mol. The van der Waals surface area contributed by atoms with Crippen molar-refractivity contribution in [1.29, 1.82) is 0 Å². The molecular formula is C8H13NO. The highest BCUT2D eigenvalue weighted by Crippen LogP contribution is 2.30. The quantitative estimate of drug-likeness (QED) is 0.430. The van der Waals surface area contributed by atoms with E-state index >= 15 is 0 Å². The van der Waals surface area contributed by atoms with Gasteiger partial charge in [-0.1, -0.05) is 5.92 Å². The van der Waals surface area contributed by atoms with Crippen LogP contribution in [0.4, 0.5) is 0 Å². The summed E-state index contributed by atoms with van der Waals surface area (Å²) in [6, 6.07) is 0. The van der Waals surface area contributed by atoms with Crippen LogP contribution in [-0.2, 0) is 0 Å². The first-order chi connectivity index (χ1) is 4.77. The van der Waals surface area contributed by atoms with Crippen molar-refractivity contribution >= 4 is 0 Å². The first kappa shape index (κ1) is 7.59. The van der Waals surface area contributed by atoms with Crippen LogP contribution in [0.15, 0.2) is 0 Å². The molecule has 0 aromatic carbocycles. The van der Waals surface area contributed by atoms with Crippen LogP contribution in [0.1, 0.15) is 19.3 Å². The smallest absolute Gasteiger partial charge is 0.0771 e. The summed E-state index contributed by atoms with van der Waals surface area (Å²) in [7, 11) is 0. The van der Waals surface area contributed by atoms with Gasteiger partial charge >= 0.3 is 0 Å². The average Bonchev–Trinajstić information content (AvgIpc) is 1.85.